The molecule has 0 amide bonds. The van der Waals surface area contributed by atoms with Gasteiger partial charge in [-0.1, -0.05) is 18.9 Å². The molecule has 0 radical (unpaired) electrons. The van der Waals surface area contributed by atoms with E-state index >= 15 is 0 Å². The van der Waals surface area contributed by atoms with E-state index in [0.717, 1.165) is 43.6 Å². The van der Waals surface area contributed by atoms with Crippen molar-refractivity contribution < 1.29 is 23.8 Å². The van der Waals surface area contributed by atoms with Crippen LogP contribution >= 0.6 is 0 Å². The summed E-state index contributed by atoms with van der Waals surface area (Å²) in [5.41, 5.74) is 1.20. The number of unbranched alkanes of at least 4 members (excludes halogenated alkanes) is 3. The van der Waals surface area contributed by atoms with Gasteiger partial charge >= 0.3 is 5.97 Å². The van der Waals surface area contributed by atoms with Gasteiger partial charge in [0.2, 0.25) is 5.78 Å². The zero-order chi connectivity index (χ0) is 17.1. The van der Waals surface area contributed by atoms with Crippen molar-refractivity contribution >= 4 is 11.8 Å². The molecule has 5 heteroatoms. The first-order valence-corrected chi connectivity index (χ1v) is 8.03. The van der Waals surface area contributed by atoms with Gasteiger partial charge in [-0.05, 0) is 43.9 Å². The van der Waals surface area contributed by atoms with Crippen LogP contribution in [-0.4, -0.2) is 32.6 Å². The second-order valence-corrected chi connectivity index (χ2v) is 5.25. The van der Waals surface area contributed by atoms with Gasteiger partial charge in [-0.25, -0.2) is 4.79 Å². The number of benzene rings is 1. The standard InChI is InChI=1S/C18H26O5/c1-4-23-18(20)15(19)10-8-6-5-7-9-14-11-12-16(21-2)17(13-14)22-3/h11-13H,4-10H2,1-3H3. The van der Waals surface area contributed by atoms with Crippen molar-refractivity contribution in [1.82, 2.24) is 0 Å². The molecule has 0 aliphatic heterocycles. The van der Waals surface area contributed by atoms with Gasteiger partial charge in [0.15, 0.2) is 11.5 Å². The molecule has 0 spiro atoms. The Morgan fingerprint density at radius 1 is 0.957 bits per heavy atom. The summed E-state index contributed by atoms with van der Waals surface area (Å²) in [6.07, 6.45) is 4.93. The fourth-order valence-electron chi connectivity index (χ4n) is 2.32. The van der Waals surface area contributed by atoms with Crippen LogP contribution in [-0.2, 0) is 20.7 Å². The third-order valence-electron chi connectivity index (χ3n) is 3.57. The van der Waals surface area contributed by atoms with Gasteiger partial charge in [0, 0.05) is 6.42 Å². The quantitative estimate of drug-likeness (QED) is 0.355. The minimum absolute atomic E-state index is 0.246. The Kier molecular flexibility index (Phi) is 8.80. The van der Waals surface area contributed by atoms with E-state index in [4.69, 9.17) is 9.47 Å². The molecule has 0 heterocycles. The van der Waals surface area contributed by atoms with Gasteiger partial charge in [0.05, 0.1) is 20.8 Å². The number of hydrogen-bond acceptors (Lipinski definition) is 5. The monoisotopic (exact) mass is 322 g/mol. The smallest absolute Gasteiger partial charge is 0.374 e. The summed E-state index contributed by atoms with van der Waals surface area (Å²) in [7, 11) is 3.25. The van der Waals surface area contributed by atoms with Crippen molar-refractivity contribution in [2.75, 3.05) is 20.8 Å². The van der Waals surface area contributed by atoms with E-state index in [1.165, 1.54) is 5.56 Å². The van der Waals surface area contributed by atoms with Gasteiger partial charge in [-0.15, -0.1) is 0 Å². The Morgan fingerprint density at radius 2 is 1.65 bits per heavy atom. The third-order valence-corrected chi connectivity index (χ3v) is 3.57. The molecule has 0 fully saturated rings. The molecule has 0 saturated heterocycles. The highest BCUT2D eigenvalue weighted by Crippen LogP contribution is 2.28. The van der Waals surface area contributed by atoms with Crippen LogP contribution in [0.4, 0.5) is 0 Å². The normalized spacial score (nSPS) is 10.2. The molecule has 0 aliphatic carbocycles. The fraction of sp³-hybridized carbons (Fsp3) is 0.556. The maximum atomic E-state index is 11.4. The van der Waals surface area contributed by atoms with Crippen molar-refractivity contribution in [3.63, 3.8) is 0 Å². The summed E-state index contributed by atoms with van der Waals surface area (Å²) >= 11 is 0. The molecule has 0 aromatic heterocycles. The molecule has 5 nitrogen and oxygen atoms in total. The highest BCUT2D eigenvalue weighted by atomic mass is 16.5. The first kappa shape index (κ1) is 19.0. The molecule has 1 aromatic rings. The van der Waals surface area contributed by atoms with E-state index < -0.39 is 11.8 Å². The van der Waals surface area contributed by atoms with Crippen LogP contribution in [0.2, 0.25) is 0 Å². The van der Waals surface area contributed by atoms with Gasteiger partial charge < -0.3 is 14.2 Å². The van der Waals surface area contributed by atoms with Crippen LogP contribution in [0.5, 0.6) is 11.5 Å². The van der Waals surface area contributed by atoms with Crippen LogP contribution in [0.25, 0.3) is 0 Å². The summed E-state index contributed by atoms with van der Waals surface area (Å²) in [6.45, 7) is 1.94. The molecular formula is C18H26O5. The lowest BCUT2D eigenvalue weighted by Gasteiger charge is -2.09. The number of aryl methyl sites for hydroxylation is 1. The highest BCUT2D eigenvalue weighted by Gasteiger charge is 2.13. The number of hydrogen-bond donors (Lipinski definition) is 0. The number of rotatable bonds is 11. The first-order chi connectivity index (χ1) is 11.1. The second kappa shape index (κ2) is 10.6. The number of carbonyl (C=O) groups is 2. The molecule has 0 bridgehead atoms. The zero-order valence-electron chi connectivity index (χ0n) is 14.2. The number of esters is 1. The molecule has 0 saturated carbocycles. The van der Waals surface area contributed by atoms with Gasteiger partial charge in [0.1, 0.15) is 0 Å². The summed E-state index contributed by atoms with van der Waals surface area (Å²) in [4.78, 5) is 22.6. The minimum Gasteiger partial charge on any atom is -0.493 e. The molecular weight excluding hydrogens is 296 g/mol. The van der Waals surface area contributed by atoms with E-state index in [1.807, 2.05) is 18.2 Å². The van der Waals surface area contributed by atoms with Crippen LogP contribution in [0, 0.1) is 0 Å². The maximum Gasteiger partial charge on any atom is 0.374 e. The van der Waals surface area contributed by atoms with Crippen molar-refractivity contribution in [2.24, 2.45) is 0 Å². The Hall–Kier alpha value is -2.04. The second-order valence-electron chi connectivity index (χ2n) is 5.25. The lowest BCUT2D eigenvalue weighted by molar-refractivity contribution is -0.153. The molecule has 128 valence electrons. The van der Waals surface area contributed by atoms with Crippen LogP contribution in [0.3, 0.4) is 0 Å². The zero-order valence-corrected chi connectivity index (χ0v) is 14.2. The largest absolute Gasteiger partial charge is 0.493 e. The molecule has 23 heavy (non-hydrogen) atoms. The number of ketones is 1. The lowest BCUT2D eigenvalue weighted by atomic mass is 10.0. The number of Topliss-reactive ketones (excluding diaryl/α,β-unsaturated/α-hetero) is 1. The lowest BCUT2D eigenvalue weighted by Crippen LogP contribution is -2.16. The third kappa shape index (κ3) is 6.72. The van der Waals surface area contributed by atoms with Crippen molar-refractivity contribution in [3.05, 3.63) is 23.8 Å². The molecule has 1 rings (SSSR count). The predicted octanol–water partition coefficient (Wildman–Crippen LogP) is 3.33. The summed E-state index contributed by atoms with van der Waals surface area (Å²) in [6, 6.07) is 5.93. The highest BCUT2D eigenvalue weighted by molar-refractivity contribution is 6.33. The van der Waals surface area contributed by atoms with Crippen LogP contribution in [0.15, 0.2) is 18.2 Å². The fourth-order valence-corrected chi connectivity index (χ4v) is 2.32. The van der Waals surface area contributed by atoms with E-state index in [-0.39, 0.29) is 13.0 Å². The SMILES string of the molecule is CCOC(=O)C(=O)CCCCCCc1ccc(OC)c(OC)c1. The molecule has 0 aliphatic rings. The van der Waals surface area contributed by atoms with E-state index in [1.54, 1.807) is 21.1 Å². The Balaban J connectivity index is 2.23. The Morgan fingerprint density at radius 3 is 2.30 bits per heavy atom. The van der Waals surface area contributed by atoms with Crippen molar-refractivity contribution in [1.29, 1.82) is 0 Å². The molecule has 0 atom stereocenters. The molecule has 0 N–H and O–H groups in total. The Bertz CT molecular complexity index is 510. The Labute approximate surface area is 137 Å². The maximum absolute atomic E-state index is 11.4. The van der Waals surface area contributed by atoms with E-state index in [9.17, 15) is 9.59 Å². The van der Waals surface area contributed by atoms with Crippen molar-refractivity contribution in [3.8, 4) is 11.5 Å². The predicted molar refractivity (Wildman–Crippen MR) is 88.0 cm³/mol. The van der Waals surface area contributed by atoms with Gasteiger partial charge in [-0.2, -0.15) is 0 Å². The van der Waals surface area contributed by atoms with E-state index in [2.05, 4.69) is 4.74 Å². The number of methoxy groups -OCH3 is 2. The van der Waals surface area contributed by atoms with Crippen molar-refractivity contribution in [2.45, 2.75) is 45.4 Å². The van der Waals surface area contributed by atoms with Crippen LogP contribution < -0.4 is 9.47 Å². The average molecular weight is 322 g/mol. The van der Waals surface area contributed by atoms with Gasteiger partial charge in [-0.3, -0.25) is 4.79 Å². The number of ether oxygens (including phenoxy) is 3. The summed E-state index contributed by atoms with van der Waals surface area (Å²) in [5.74, 6) is 0.336. The number of carbonyl (C=O) groups excluding carboxylic acids is 2. The van der Waals surface area contributed by atoms with E-state index in [0.29, 0.717) is 0 Å². The molecule has 0 unspecified atom stereocenters. The minimum atomic E-state index is -0.710. The average Bonchev–Trinajstić information content (AvgIpc) is 2.57. The molecule has 1 aromatic carbocycles. The topological polar surface area (TPSA) is 61.8 Å². The summed E-state index contributed by atoms with van der Waals surface area (Å²) < 4.78 is 15.2. The van der Waals surface area contributed by atoms with Gasteiger partial charge in [0.25, 0.3) is 0 Å². The van der Waals surface area contributed by atoms with Crippen LogP contribution in [0.1, 0.15) is 44.6 Å². The first-order valence-electron chi connectivity index (χ1n) is 8.03. The summed E-state index contributed by atoms with van der Waals surface area (Å²) in [5, 5.41) is 0.